The van der Waals surface area contributed by atoms with E-state index in [1.165, 1.54) is 11.8 Å². The Morgan fingerprint density at radius 2 is 2.21 bits per heavy atom. The van der Waals surface area contributed by atoms with E-state index in [2.05, 4.69) is 0 Å². The van der Waals surface area contributed by atoms with Gasteiger partial charge in [0.25, 0.3) is 0 Å². The molecule has 14 heavy (non-hydrogen) atoms. The molecule has 1 fully saturated rings. The van der Waals surface area contributed by atoms with Crippen molar-refractivity contribution in [1.29, 1.82) is 0 Å². The van der Waals surface area contributed by atoms with Crippen LogP contribution in [0.1, 0.15) is 27.2 Å². The molecule has 1 aliphatic rings. The number of ether oxygens (including phenoxy) is 1. The zero-order valence-corrected chi connectivity index (χ0v) is 9.00. The SMILES string of the molecule is CC(=O)N1CC[C@H](OC(C)C)[C@H](F)C1. The fourth-order valence-electron chi connectivity index (χ4n) is 1.67. The minimum atomic E-state index is -1.05. The maximum Gasteiger partial charge on any atom is 0.219 e. The molecule has 1 amide bonds. The minimum Gasteiger partial charge on any atom is -0.372 e. The third-order valence-corrected chi connectivity index (χ3v) is 2.37. The summed E-state index contributed by atoms with van der Waals surface area (Å²) < 4.78 is 18.9. The van der Waals surface area contributed by atoms with Gasteiger partial charge < -0.3 is 9.64 Å². The van der Waals surface area contributed by atoms with Crippen LogP contribution in [0.2, 0.25) is 0 Å². The van der Waals surface area contributed by atoms with Crippen LogP contribution in [0.4, 0.5) is 4.39 Å². The number of nitrogens with zero attached hydrogens (tertiary/aromatic N) is 1. The number of hydrogen-bond donors (Lipinski definition) is 0. The average Bonchev–Trinajstić information content (AvgIpc) is 2.07. The van der Waals surface area contributed by atoms with Crippen LogP contribution in [-0.4, -0.2) is 42.3 Å². The smallest absolute Gasteiger partial charge is 0.219 e. The molecule has 0 aromatic rings. The van der Waals surface area contributed by atoms with Gasteiger partial charge in [-0.3, -0.25) is 4.79 Å². The van der Waals surface area contributed by atoms with Crippen LogP contribution < -0.4 is 0 Å². The second kappa shape index (κ2) is 4.73. The van der Waals surface area contributed by atoms with Gasteiger partial charge in [0.15, 0.2) is 0 Å². The first-order valence-electron chi connectivity index (χ1n) is 5.05. The Morgan fingerprint density at radius 3 is 2.64 bits per heavy atom. The summed E-state index contributed by atoms with van der Waals surface area (Å²) in [5.41, 5.74) is 0. The monoisotopic (exact) mass is 203 g/mol. The van der Waals surface area contributed by atoms with E-state index in [1.54, 1.807) is 0 Å². The second-order valence-corrected chi connectivity index (χ2v) is 3.99. The molecule has 1 heterocycles. The van der Waals surface area contributed by atoms with Gasteiger partial charge >= 0.3 is 0 Å². The summed E-state index contributed by atoms with van der Waals surface area (Å²) >= 11 is 0. The number of hydrogen-bond acceptors (Lipinski definition) is 2. The van der Waals surface area contributed by atoms with Crippen LogP contribution in [0.5, 0.6) is 0 Å². The number of piperidine rings is 1. The summed E-state index contributed by atoms with van der Waals surface area (Å²) in [6, 6.07) is 0. The Labute approximate surface area is 84.2 Å². The number of carbonyl (C=O) groups excluding carboxylic acids is 1. The van der Waals surface area contributed by atoms with Crippen LogP contribution in [0, 0.1) is 0 Å². The molecule has 0 radical (unpaired) electrons. The highest BCUT2D eigenvalue weighted by Gasteiger charge is 2.31. The van der Waals surface area contributed by atoms with E-state index in [4.69, 9.17) is 4.74 Å². The van der Waals surface area contributed by atoms with Gasteiger partial charge in [-0.1, -0.05) is 0 Å². The molecule has 0 spiro atoms. The van der Waals surface area contributed by atoms with E-state index in [0.717, 1.165) is 0 Å². The fourth-order valence-corrected chi connectivity index (χ4v) is 1.67. The molecule has 0 bridgehead atoms. The van der Waals surface area contributed by atoms with Crippen molar-refractivity contribution in [3.8, 4) is 0 Å². The highest BCUT2D eigenvalue weighted by molar-refractivity contribution is 5.73. The Balaban J connectivity index is 2.43. The standard InChI is InChI=1S/C10H18FNO2/c1-7(2)14-10-4-5-12(8(3)13)6-9(10)11/h7,9-10H,4-6H2,1-3H3/t9-,10+/m1/s1. The van der Waals surface area contributed by atoms with Crippen LogP contribution >= 0.6 is 0 Å². The lowest BCUT2D eigenvalue weighted by atomic mass is 10.1. The van der Waals surface area contributed by atoms with Crippen molar-refractivity contribution in [1.82, 2.24) is 4.90 Å². The molecule has 0 aromatic carbocycles. The van der Waals surface area contributed by atoms with Crippen molar-refractivity contribution in [2.24, 2.45) is 0 Å². The van der Waals surface area contributed by atoms with Gasteiger partial charge in [-0.15, -0.1) is 0 Å². The lowest BCUT2D eigenvalue weighted by Crippen LogP contribution is -2.48. The first kappa shape index (κ1) is 11.4. The number of alkyl halides is 1. The molecular weight excluding hydrogens is 185 g/mol. The van der Waals surface area contributed by atoms with Gasteiger partial charge in [-0.05, 0) is 20.3 Å². The third-order valence-electron chi connectivity index (χ3n) is 2.37. The summed E-state index contributed by atoms with van der Waals surface area (Å²) in [6.45, 7) is 6.03. The Morgan fingerprint density at radius 1 is 1.57 bits per heavy atom. The average molecular weight is 203 g/mol. The predicted molar refractivity (Wildman–Crippen MR) is 51.8 cm³/mol. The van der Waals surface area contributed by atoms with E-state index < -0.39 is 6.17 Å². The van der Waals surface area contributed by atoms with Crippen LogP contribution in [0.15, 0.2) is 0 Å². The Bertz CT molecular complexity index is 208. The van der Waals surface area contributed by atoms with Crippen molar-refractivity contribution in [2.75, 3.05) is 13.1 Å². The van der Waals surface area contributed by atoms with Crippen molar-refractivity contribution in [2.45, 2.75) is 45.6 Å². The highest BCUT2D eigenvalue weighted by atomic mass is 19.1. The molecule has 2 atom stereocenters. The molecule has 3 nitrogen and oxygen atoms in total. The lowest BCUT2D eigenvalue weighted by Gasteiger charge is -2.34. The molecule has 1 saturated heterocycles. The van der Waals surface area contributed by atoms with Gasteiger partial charge in [0.05, 0.1) is 18.8 Å². The normalized spacial score (nSPS) is 28.2. The molecule has 0 aliphatic carbocycles. The maximum atomic E-state index is 13.5. The summed E-state index contributed by atoms with van der Waals surface area (Å²) in [5.74, 6) is -0.0596. The van der Waals surface area contributed by atoms with E-state index in [0.29, 0.717) is 13.0 Å². The molecule has 0 saturated carbocycles. The molecule has 0 unspecified atom stereocenters. The Kier molecular flexibility index (Phi) is 3.86. The van der Waals surface area contributed by atoms with Crippen LogP contribution in [0.25, 0.3) is 0 Å². The van der Waals surface area contributed by atoms with E-state index in [9.17, 15) is 9.18 Å². The third kappa shape index (κ3) is 2.94. The number of amides is 1. The quantitative estimate of drug-likeness (QED) is 0.678. The van der Waals surface area contributed by atoms with E-state index >= 15 is 0 Å². The molecule has 4 heteroatoms. The van der Waals surface area contributed by atoms with Gasteiger partial charge in [-0.25, -0.2) is 4.39 Å². The Hall–Kier alpha value is -0.640. The lowest BCUT2D eigenvalue weighted by molar-refractivity contribution is -0.136. The van der Waals surface area contributed by atoms with Crippen LogP contribution in [0.3, 0.4) is 0 Å². The van der Waals surface area contributed by atoms with Crippen molar-refractivity contribution in [3.05, 3.63) is 0 Å². The van der Waals surface area contributed by atoms with Crippen molar-refractivity contribution >= 4 is 5.91 Å². The molecule has 0 aromatic heterocycles. The maximum absolute atomic E-state index is 13.5. The van der Waals surface area contributed by atoms with Crippen molar-refractivity contribution in [3.63, 3.8) is 0 Å². The summed E-state index contributed by atoms with van der Waals surface area (Å²) in [7, 11) is 0. The van der Waals surface area contributed by atoms with E-state index in [-0.39, 0.29) is 24.7 Å². The molecule has 82 valence electrons. The number of rotatable bonds is 2. The topological polar surface area (TPSA) is 29.5 Å². The van der Waals surface area contributed by atoms with Gasteiger partial charge in [-0.2, -0.15) is 0 Å². The predicted octanol–water partition coefficient (Wildman–Crippen LogP) is 1.37. The van der Waals surface area contributed by atoms with Crippen LogP contribution in [-0.2, 0) is 9.53 Å². The first-order valence-corrected chi connectivity index (χ1v) is 5.05. The number of halogens is 1. The van der Waals surface area contributed by atoms with Gasteiger partial charge in [0.2, 0.25) is 5.91 Å². The van der Waals surface area contributed by atoms with Gasteiger partial charge in [0, 0.05) is 13.5 Å². The second-order valence-electron chi connectivity index (χ2n) is 3.99. The largest absolute Gasteiger partial charge is 0.372 e. The number of carbonyl (C=O) groups is 1. The van der Waals surface area contributed by atoms with Crippen molar-refractivity contribution < 1.29 is 13.9 Å². The summed E-state index contributed by atoms with van der Waals surface area (Å²) in [6.07, 6.45) is -0.748. The fraction of sp³-hybridized carbons (Fsp3) is 0.900. The molecule has 1 aliphatic heterocycles. The minimum absolute atomic E-state index is 0.0436. The zero-order chi connectivity index (χ0) is 10.7. The summed E-state index contributed by atoms with van der Waals surface area (Å²) in [5, 5.41) is 0. The van der Waals surface area contributed by atoms with E-state index in [1.807, 2.05) is 13.8 Å². The number of likely N-dealkylation sites (tertiary alicyclic amines) is 1. The zero-order valence-electron chi connectivity index (χ0n) is 9.00. The molecule has 0 N–H and O–H groups in total. The van der Waals surface area contributed by atoms with Gasteiger partial charge in [0.1, 0.15) is 6.17 Å². The summed E-state index contributed by atoms with van der Waals surface area (Å²) in [4.78, 5) is 12.5. The highest BCUT2D eigenvalue weighted by Crippen LogP contribution is 2.18. The first-order chi connectivity index (χ1) is 6.50. The molecule has 1 rings (SSSR count). The molecular formula is C10H18FNO2.